The highest BCUT2D eigenvalue weighted by atomic mass is 35.5. The second-order valence-electron chi connectivity index (χ2n) is 10.3. The fraction of sp³-hybridized carbons (Fsp3) is 0.375. The van der Waals surface area contributed by atoms with Gasteiger partial charge < -0.3 is 15.5 Å². The van der Waals surface area contributed by atoms with Gasteiger partial charge in [0, 0.05) is 62.9 Å². The van der Waals surface area contributed by atoms with Crippen LogP contribution in [0.1, 0.15) is 43.7 Å². The molecule has 1 unspecified atom stereocenters. The lowest BCUT2D eigenvalue weighted by Crippen LogP contribution is -2.46. The zero-order valence-electron chi connectivity index (χ0n) is 24.5. The van der Waals surface area contributed by atoms with E-state index in [-0.39, 0.29) is 27.6 Å². The van der Waals surface area contributed by atoms with Gasteiger partial charge in [-0.3, -0.25) is 25.1 Å². The van der Waals surface area contributed by atoms with Gasteiger partial charge in [0.25, 0.3) is 5.91 Å². The minimum Gasteiger partial charge on any atom is -0.348 e. The Balaban J connectivity index is 1.70. The largest absolute Gasteiger partial charge is 0.348 e. The monoisotopic (exact) mass is 609 g/mol. The van der Waals surface area contributed by atoms with E-state index in [4.69, 9.17) is 33.6 Å². The van der Waals surface area contributed by atoms with Gasteiger partial charge in [0.1, 0.15) is 0 Å². The summed E-state index contributed by atoms with van der Waals surface area (Å²) >= 11 is 12.3. The van der Waals surface area contributed by atoms with Gasteiger partial charge in [0.2, 0.25) is 0 Å². The standard InChI is InChI=1S/C32H41Cl2N7O/c1-23(40(4)22-35)18-37-16-17-41(29-10-7-9-27-8-5-6-15-38-31(27)29)21-26-13-11-25(12-14-26)19-39-32(42)30(24(2)33)28(34)20-36-3/h6,8,11-15,20,22,29,35,37H,1,3,5,7,9-10,16-19,21H2,2,4H3,(H,39,42)/b28-20+,30-24-,35-22?. The molecule has 0 aromatic heterocycles. The molecular formula is C32H41Cl2N7O. The molecule has 1 amide bonds. The van der Waals surface area contributed by atoms with E-state index in [1.165, 1.54) is 29.4 Å². The molecule has 224 valence electrons. The molecule has 0 bridgehead atoms. The van der Waals surface area contributed by atoms with E-state index < -0.39 is 0 Å². The van der Waals surface area contributed by atoms with Crippen molar-refractivity contribution in [3.05, 3.63) is 93.4 Å². The second-order valence-corrected chi connectivity index (χ2v) is 11.3. The summed E-state index contributed by atoms with van der Waals surface area (Å²) in [6.07, 6.45) is 13.1. The van der Waals surface area contributed by atoms with Crippen molar-refractivity contribution in [1.29, 1.82) is 5.41 Å². The number of fused-ring (bicyclic) bond motifs is 1. The summed E-state index contributed by atoms with van der Waals surface area (Å²) in [4.78, 5) is 25.4. The van der Waals surface area contributed by atoms with Crippen LogP contribution in [-0.4, -0.2) is 67.2 Å². The number of aliphatic imine (C=N–C) groups is 2. The Morgan fingerprint density at radius 2 is 2.00 bits per heavy atom. The molecule has 3 rings (SSSR count). The third-order valence-electron chi connectivity index (χ3n) is 7.30. The maximum absolute atomic E-state index is 12.7. The van der Waals surface area contributed by atoms with E-state index in [0.29, 0.717) is 13.1 Å². The normalized spacial score (nSPS) is 17.4. The van der Waals surface area contributed by atoms with Crippen molar-refractivity contribution < 1.29 is 4.79 Å². The van der Waals surface area contributed by atoms with Crippen LogP contribution in [-0.2, 0) is 17.9 Å². The second kappa shape index (κ2) is 17.0. The van der Waals surface area contributed by atoms with Crippen molar-refractivity contribution in [1.82, 2.24) is 20.4 Å². The Hall–Kier alpha value is -3.30. The lowest BCUT2D eigenvalue weighted by molar-refractivity contribution is -0.117. The molecule has 0 saturated heterocycles. The first-order valence-electron chi connectivity index (χ1n) is 14.1. The van der Waals surface area contributed by atoms with Crippen LogP contribution in [0.2, 0.25) is 0 Å². The summed E-state index contributed by atoms with van der Waals surface area (Å²) in [5.74, 6) is -0.371. The molecule has 1 fully saturated rings. The zero-order chi connectivity index (χ0) is 30.5. The Morgan fingerprint density at radius 1 is 1.26 bits per heavy atom. The van der Waals surface area contributed by atoms with E-state index in [1.54, 1.807) is 11.8 Å². The molecule has 1 aromatic rings. The van der Waals surface area contributed by atoms with Crippen LogP contribution in [0.15, 0.2) is 92.3 Å². The third-order valence-corrected chi connectivity index (χ3v) is 7.78. The topological polar surface area (TPSA) is 96.2 Å². The van der Waals surface area contributed by atoms with Gasteiger partial charge in [-0.25, -0.2) is 0 Å². The summed E-state index contributed by atoms with van der Waals surface area (Å²) in [7, 11) is 1.83. The molecule has 10 heteroatoms. The van der Waals surface area contributed by atoms with Gasteiger partial charge in [0.15, 0.2) is 0 Å². The molecule has 1 aromatic carbocycles. The lowest BCUT2D eigenvalue weighted by atomic mass is 9.86. The lowest BCUT2D eigenvalue weighted by Gasteiger charge is -2.36. The van der Waals surface area contributed by atoms with Crippen LogP contribution in [0.3, 0.4) is 0 Å². The van der Waals surface area contributed by atoms with Gasteiger partial charge in [-0.15, -0.1) is 0 Å². The van der Waals surface area contributed by atoms with Crippen LogP contribution in [0, 0.1) is 5.41 Å². The van der Waals surface area contributed by atoms with Gasteiger partial charge in [0.05, 0.1) is 28.7 Å². The number of likely N-dealkylation sites (N-methyl/N-ethyl adjacent to an activating group) is 1. The van der Waals surface area contributed by atoms with Crippen LogP contribution in [0.5, 0.6) is 0 Å². The number of amides is 1. The predicted molar refractivity (Wildman–Crippen MR) is 176 cm³/mol. The van der Waals surface area contributed by atoms with Gasteiger partial charge >= 0.3 is 0 Å². The number of carbonyl (C=O) groups is 1. The molecule has 3 N–H and O–H groups in total. The van der Waals surface area contributed by atoms with E-state index in [0.717, 1.165) is 56.6 Å². The van der Waals surface area contributed by atoms with Gasteiger partial charge in [-0.2, -0.15) is 0 Å². The molecule has 42 heavy (non-hydrogen) atoms. The van der Waals surface area contributed by atoms with Crippen molar-refractivity contribution in [2.75, 3.05) is 26.7 Å². The van der Waals surface area contributed by atoms with Crippen molar-refractivity contribution in [3.63, 3.8) is 0 Å². The van der Waals surface area contributed by atoms with Crippen LogP contribution >= 0.6 is 23.2 Å². The van der Waals surface area contributed by atoms with Crippen molar-refractivity contribution >= 4 is 47.9 Å². The van der Waals surface area contributed by atoms with Crippen molar-refractivity contribution in [3.8, 4) is 0 Å². The Bertz CT molecular complexity index is 1290. The first-order valence-corrected chi connectivity index (χ1v) is 14.8. The molecule has 1 saturated carbocycles. The quantitative estimate of drug-likeness (QED) is 0.0761. The zero-order valence-corrected chi connectivity index (χ0v) is 26.0. The van der Waals surface area contributed by atoms with Crippen molar-refractivity contribution in [2.45, 2.75) is 51.7 Å². The summed E-state index contributed by atoms with van der Waals surface area (Å²) in [6.45, 7) is 12.4. The highest BCUT2D eigenvalue weighted by Crippen LogP contribution is 2.28. The number of benzene rings is 1. The highest BCUT2D eigenvalue weighted by Gasteiger charge is 2.29. The van der Waals surface area contributed by atoms with E-state index >= 15 is 0 Å². The molecule has 0 spiro atoms. The number of hydrogen-bond acceptors (Lipinski definition) is 6. The number of nitrogens with zero attached hydrogens (tertiary/aromatic N) is 4. The SMILES string of the molecule is C=N/C=C(Cl)\C(C(=O)NCc1ccc(CN(CCNCC(=C)N(C)C=N)C2CCCC3=CCC=CN=C32)cc1)=C(/C)Cl. The molecule has 8 nitrogen and oxygen atoms in total. The molecule has 1 heterocycles. The number of halogens is 2. The summed E-state index contributed by atoms with van der Waals surface area (Å²) < 4.78 is 0. The smallest absolute Gasteiger partial charge is 0.254 e. The van der Waals surface area contributed by atoms with Crippen LogP contribution < -0.4 is 10.6 Å². The Morgan fingerprint density at radius 3 is 2.69 bits per heavy atom. The van der Waals surface area contributed by atoms with Gasteiger partial charge in [-0.1, -0.05) is 66.2 Å². The van der Waals surface area contributed by atoms with E-state index in [2.05, 4.69) is 58.1 Å². The first kappa shape index (κ1) is 33.2. The molecule has 0 radical (unpaired) electrons. The minimum absolute atomic E-state index is 0.139. The Labute approximate surface area is 259 Å². The maximum Gasteiger partial charge on any atom is 0.254 e. The Kier molecular flexibility index (Phi) is 13.4. The number of allylic oxidation sites excluding steroid dienone is 3. The summed E-state index contributed by atoms with van der Waals surface area (Å²) in [5, 5.41) is 14.2. The fourth-order valence-corrected chi connectivity index (χ4v) is 5.49. The highest BCUT2D eigenvalue weighted by molar-refractivity contribution is 6.39. The fourth-order valence-electron chi connectivity index (χ4n) is 4.96. The number of rotatable bonds is 15. The van der Waals surface area contributed by atoms with E-state index in [9.17, 15) is 4.79 Å². The average molecular weight is 611 g/mol. The predicted octanol–water partition coefficient (Wildman–Crippen LogP) is 5.88. The number of carbonyl (C=O) groups excluding carboxylic acids is 1. The van der Waals surface area contributed by atoms with Crippen LogP contribution in [0.25, 0.3) is 0 Å². The molecule has 2 aliphatic rings. The molecule has 1 aliphatic heterocycles. The van der Waals surface area contributed by atoms with Crippen molar-refractivity contribution in [2.24, 2.45) is 9.98 Å². The first-order chi connectivity index (χ1) is 20.2. The molecule has 1 atom stereocenters. The maximum atomic E-state index is 12.7. The van der Waals surface area contributed by atoms with E-state index in [1.807, 2.05) is 25.4 Å². The number of hydrogen-bond donors (Lipinski definition) is 3. The van der Waals surface area contributed by atoms with Crippen LogP contribution in [0.4, 0.5) is 0 Å². The molecule has 1 aliphatic carbocycles. The summed E-state index contributed by atoms with van der Waals surface area (Å²) in [6, 6.07) is 8.50. The number of nitrogens with one attached hydrogen (secondary N) is 3. The average Bonchev–Trinajstić information content (AvgIpc) is 3.23. The summed E-state index contributed by atoms with van der Waals surface area (Å²) in [5.41, 5.74) is 5.71. The third kappa shape index (κ3) is 9.63. The van der Waals surface area contributed by atoms with Gasteiger partial charge in [-0.05, 0) is 56.0 Å². The molecular weight excluding hydrogens is 569 g/mol. The minimum atomic E-state index is -0.371.